The Hall–Kier alpha value is -3.44. The van der Waals surface area contributed by atoms with Crippen LogP contribution in [0.1, 0.15) is 49.9 Å². The van der Waals surface area contributed by atoms with Crippen molar-refractivity contribution in [2.75, 3.05) is 12.0 Å². The van der Waals surface area contributed by atoms with Gasteiger partial charge in [0, 0.05) is 12.6 Å². The number of hydrogen-bond donors (Lipinski definition) is 2. The van der Waals surface area contributed by atoms with Crippen molar-refractivity contribution in [2.24, 2.45) is 0 Å². The van der Waals surface area contributed by atoms with Gasteiger partial charge in [-0.1, -0.05) is 66.6 Å². The zero-order chi connectivity index (χ0) is 26.7. The molecule has 0 saturated carbocycles. The number of alkyl carbamates (subject to hydrolysis) is 1. The van der Waals surface area contributed by atoms with Crippen molar-refractivity contribution in [2.45, 2.75) is 58.3 Å². The number of ether oxygens (including phenoxy) is 1. The third-order valence-corrected chi connectivity index (χ3v) is 5.79. The maximum absolute atomic E-state index is 13.7. The van der Waals surface area contributed by atoms with Crippen LogP contribution < -0.4 is 10.6 Å². The summed E-state index contributed by atoms with van der Waals surface area (Å²) >= 11 is 1.53. The monoisotopic (exact) mass is 509 g/mol. The average molecular weight is 510 g/mol. The highest BCUT2D eigenvalue weighted by Gasteiger charge is 2.35. The maximum Gasteiger partial charge on any atom is 0.408 e. The summed E-state index contributed by atoms with van der Waals surface area (Å²) in [5.74, 6) is -0.379. The molecule has 192 valence electrons. The van der Waals surface area contributed by atoms with Crippen molar-refractivity contribution in [3.05, 3.63) is 71.3 Å². The van der Waals surface area contributed by atoms with E-state index >= 15 is 0 Å². The number of amides is 3. The molecule has 2 aromatic carbocycles. The summed E-state index contributed by atoms with van der Waals surface area (Å²) in [6.07, 6.45) is 7.32. The second kappa shape index (κ2) is 13.6. The lowest BCUT2D eigenvalue weighted by atomic mass is 10.0. The fourth-order valence-corrected chi connectivity index (χ4v) is 3.99. The highest BCUT2D eigenvalue weighted by Crippen LogP contribution is 2.24. The molecule has 0 aliphatic carbocycles. The smallest absolute Gasteiger partial charge is 0.408 e. The van der Waals surface area contributed by atoms with E-state index in [1.54, 1.807) is 26.8 Å². The maximum atomic E-state index is 13.7. The normalized spacial score (nSPS) is 12.6. The first-order chi connectivity index (χ1) is 17.1. The van der Waals surface area contributed by atoms with Crippen molar-refractivity contribution in [1.82, 2.24) is 15.5 Å². The van der Waals surface area contributed by atoms with Crippen LogP contribution in [0.2, 0.25) is 0 Å². The molecule has 2 N–H and O–H groups in total. The minimum atomic E-state index is -1.08. The summed E-state index contributed by atoms with van der Waals surface area (Å²) in [5.41, 5.74) is 1.68. The number of benzene rings is 2. The number of nitrogens with one attached hydrogen (secondary N) is 2. The molecule has 2 unspecified atom stereocenters. The third-order valence-electron chi connectivity index (χ3n) is 5.15. The Bertz CT molecular complexity index is 1080. The molecule has 0 heterocycles. The lowest BCUT2D eigenvalue weighted by Crippen LogP contribution is -2.51. The Morgan fingerprint density at radius 1 is 1.11 bits per heavy atom. The van der Waals surface area contributed by atoms with Crippen LogP contribution in [-0.4, -0.2) is 46.5 Å². The van der Waals surface area contributed by atoms with Crippen molar-refractivity contribution < 1.29 is 19.1 Å². The van der Waals surface area contributed by atoms with Gasteiger partial charge in [0.1, 0.15) is 17.7 Å². The molecule has 0 spiro atoms. The van der Waals surface area contributed by atoms with Crippen LogP contribution in [0.15, 0.2) is 54.6 Å². The highest BCUT2D eigenvalue weighted by molar-refractivity contribution is 7.98. The summed E-state index contributed by atoms with van der Waals surface area (Å²) < 4.78 is 5.35. The summed E-state index contributed by atoms with van der Waals surface area (Å²) in [4.78, 5) is 40.7. The second-order valence-electron chi connectivity index (χ2n) is 9.34. The van der Waals surface area contributed by atoms with Crippen molar-refractivity contribution in [1.29, 1.82) is 0 Å². The first kappa shape index (κ1) is 28.8. The molecule has 0 radical (unpaired) electrons. The lowest BCUT2D eigenvalue weighted by molar-refractivity contribution is -0.138. The Morgan fingerprint density at radius 2 is 1.81 bits per heavy atom. The predicted molar refractivity (Wildman–Crippen MR) is 144 cm³/mol. The fourth-order valence-electron chi connectivity index (χ4n) is 3.52. The van der Waals surface area contributed by atoms with Gasteiger partial charge in [-0.2, -0.15) is 11.8 Å². The summed E-state index contributed by atoms with van der Waals surface area (Å²) in [6.45, 7) is 7.40. The number of carbonyl (C=O) groups excluding carboxylic acids is 3. The number of carbonyl (C=O) groups is 3. The zero-order valence-corrected chi connectivity index (χ0v) is 22.4. The molecule has 36 heavy (non-hydrogen) atoms. The molecular weight excluding hydrogens is 474 g/mol. The van der Waals surface area contributed by atoms with E-state index in [4.69, 9.17) is 11.2 Å². The van der Waals surface area contributed by atoms with Crippen molar-refractivity contribution in [3.8, 4) is 12.5 Å². The molecule has 2 atom stereocenters. The van der Waals surface area contributed by atoms with Gasteiger partial charge >= 0.3 is 6.09 Å². The van der Waals surface area contributed by atoms with E-state index in [0.29, 0.717) is 17.7 Å². The van der Waals surface area contributed by atoms with E-state index in [-0.39, 0.29) is 6.54 Å². The molecule has 2 aromatic rings. The van der Waals surface area contributed by atoms with Crippen LogP contribution in [0.4, 0.5) is 4.79 Å². The van der Waals surface area contributed by atoms with Gasteiger partial charge in [0.2, 0.25) is 5.91 Å². The molecule has 0 aliphatic rings. The largest absolute Gasteiger partial charge is 0.444 e. The van der Waals surface area contributed by atoms with Crippen molar-refractivity contribution >= 4 is 29.7 Å². The Labute approximate surface area is 218 Å². The molecule has 8 heteroatoms. The van der Waals surface area contributed by atoms with Gasteiger partial charge in [-0.05, 0) is 57.3 Å². The number of hydrogen-bond acceptors (Lipinski definition) is 5. The third kappa shape index (κ3) is 8.97. The highest BCUT2D eigenvalue weighted by atomic mass is 32.2. The van der Waals surface area contributed by atoms with Gasteiger partial charge in [-0.3, -0.25) is 14.5 Å². The van der Waals surface area contributed by atoms with Crippen LogP contribution in [0.3, 0.4) is 0 Å². The van der Waals surface area contributed by atoms with E-state index in [1.807, 2.05) is 61.7 Å². The van der Waals surface area contributed by atoms with Crippen LogP contribution in [-0.2, 0) is 20.9 Å². The predicted octanol–water partition coefficient (Wildman–Crippen LogP) is 4.42. The van der Waals surface area contributed by atoms with Gasteiger partial charge in [0.25, 0.3) is 5.91 Å². The molecular formula is C28H35N3O4S. The van der Waals surface area contributed by atoms with Crippen LogP contribution in [0.5, 0.6) is 0 Å². The van der Waals surface area contributed by atoms with Gasteiger partial charge in [0.15, 0.2) is 0 Å². The Morgan fingerprint density at radius 3 is 2.39 bits per heavy atom. The molecule has 0 aliphatic heterocycles. The summed E-state index contributed by atoms with van der Waals surface area (Å²) in [6, 6.07) is 17.1. The first-order valence-electron chi connectivity index (χ1n) is 11.7. The second-order valence-corrected chi connectivity index (χ2v) is 10.3. The number of nitrogens with zero attached hydrogens (tertiary/aromatic N) is 1. The van der Waals surface area contributed by atoms with Gasteiger partial charge < -0.3 is 15.4 Å². The molecule has 0 aromatic heterocycles. The minimum Gasteiger partial charge on any atom is -0.444 e. The number of aryl methyl sites for hydroxylation is 1. The van der Waals surface area contributed by atoms with E-state index in [0.717, 1.165) is 16.0 Å². The summed E-state index contributed by atoms with van der Waals surface area (Å²) in [7, 11) is 0. The van der Waals surface area contributed by atoms with Crippen LogP contribution in [0.25, 0.3) is 0 Å². The van der Waals surface area contributed by atoms with Gasteiger partial charge in [0.05, 0.1) is 0 Å². The van der Waals surface area contributed by atoms with Crippen LogP contribution >= 0.6 is 11.8 Å². The molecule has 0 fully saturated rings. The molecule has 2 rings (SSSR count). The number of terminal acetylenes is 1. The zero-order valence-electron chi connectivity index (χ0n) is 21.5. The number of thioether (sulfide) groups is 1. The van der Waals surface area contributed by atoms with E-state index < -0.39 is 35.6 Å². The SMILES string of the molecule is C#CN(C(=O)C(CCSC)NC(=O)OC(C)(C)C)C(C(=O)NCc1ccccc1)c1cccc(C)c1. The summed E-state index contributed by atoms with van der Waals surface area (Å²) in [5, 5.41) is 5.54. The van der Waals surface area contributed by atoms with Crippen LogP contribution in [0, 0.1) is 19.4 Å². The molecule has 0 saturated heterocycles. The lowest BCUT2D eigenvalue weighted by Gasteiger charge is -2.30. The van der Waals surface area contributed by atoms with Gasteiger partial charge in [-0.25, -0.2) is 4.79 Å². The first-order valence-corrected chi connectivity index (χ1v) is 13.1. The standard InChI is InChI=1S/C28H35N3O4S/c1-7-31(26(33)23(16-17-36-6)30-27(34)35-28(3,4)5)24(22-15-11-12-20(2)18-22)25(32)29-19-21-13-9-8-10-14-21/h1,8-15,18,23-24H,16-17,19H2,2-6H3,(H,29,32)(H,30,34). The van der Waals surface area contributed by atoms with E-state index in [1.165, 1.54) is 11.8 Å². The van der Waals surface area contributed by atoms with Gasteiger partial charge in [-0.15, -0.1) is 0 Å². The topological polar surface area (TPSA) is 87.7 Å². The Kier molecular flexibility index (Phi) is 10.9. The molecule has 0 bridgehead atoms. The average Bonchev–Trinajstić information content (AvgIpc) is 2.82. The fraction of sp³-hybridized carbons (Fsp3) is 0.393. The Balaban J connectivity index is 2.36. The van der Waals surface area contributed by atoms with E-state index in [9.17, 15) is 14.4 Å². The van der Waals surface area contributed by atoms with E-state index in [2.05, 4.69) is 16.7 Å². The molecule has 3 amide bonds. The minimum absolute atomic E-state index is 0.278. The van der Waals surface area contributed by atoms with Crippen molar-refractivity contribution in [3.63, 3.8) is 0 Å². The molecule has 7 nitrogen and oxygen atoms in total. The number of rotatable bonds is 10. The quantitative estimate of drug-likeness (QED) is 0.366.